The molecule has 1 N–H and O–H groups in total. The molecule has 0 saturated carbocycles. The number of aromatic nitrogens is 1. The Morgan fingerprint density at radius 1 is 1.15 bits per heavy atom. The predicted octanol–water partition coefficient (Wildman–Crippen LogP) is 6.59. The van der Waals surface area contributed by atoms with E-state index in [-0.39, 0.29) is 29.1 Å². The van der Waals surface area contributed by atoms with Crippen molar-refractivity contribution in [3.8, 4) is 11.5 Å². The number of oxazole rings is 1. The molecule has 0 aliphatic carbocycles. The lowest BCUT2D eigenvalue weighted by atomic mass is 9.87. The molecule has 1 amide bonds. The molecule has 0 saturated heterocycles. The van der Waals surface area contributed by atoms with E-state index in [9.17, 15) is 14.9 Å². The van der Waals surface area contributed by atoms with Crippen molar-refractivity contribution in [1.82, 2.24) is 10.3 Å². The van der Waals surface area contributed by atoms with Crippen LogP contribution in [0.25, 0.3) is 22.6 Å². The molecule has 0 unspecified atom stereocenters. The van der Waals surface area contributed by atoms with Gasteiger partial charge in [-0.05, 0) is 53.3 Å². The molecular formula is C26H24ClN3O4. The molecule has 0 aliphatic rings. The molecule has 0 atom stereocenters. The van der Waals surface area contributed by atoms with E-state index in [1.54, 1.807) is 18.2 Å². The van der Waals surface area contributed by atoms with Crippen LogP contribution in [-0.4, -0.2) is 15.8 Å². The second-order valence-corrected chi connectivity index (χ2v) is 9.59. The Kier molecular flexibility index (Phi) is 6.15. The second-order valence-electron chi connectivity index (χ2n) is 9.18. The lowest BCUT2D eigenvalue weighted by Gasteiger charge is -2.18. The maximum absolute atomic E-state index is 12.9. The van der Waals surface area contributed by atoms with Crippen LogP contribution in [0.4, 0.5) is 5.69 Å². The van der Waals surface area contributed by atoms with Gasteiger partial charge in [0.1, 0.15) is 5.52 Å². The van der Waals surface area contributed by atoms with Gasteiger partial charge in [-0.25, -0.2) is 4.98 Å². The highest BCUT2D eigenvalue weighted by atomic mass is 35.5. The molecule has 174 valence electrons. The fourth-order valence-electron chi connectivity index (χ4n) is 3.61. The molecule has 4 rings (SSSR count). The van der Waals surface area contributed by atoms with E-state index in [1.165, 1.54) is 12.1 Å². The molecule has 0 spiro atoms. The van der Waals surface area contributed by atoms with Crippen LogP contribution in [0.5, 0.6) is 0 Å². The number of halogens is 1. The van der Waals surface area contributed by atoms with E-state index in [2.05, 4.69) is 31.1 Å². The van der Waals surface area contributed by atoms with Gasteiger partial charge >= 0.3 is 0 Å². The number of carbonyl (C=O) groups excluding carboxylic acids is 1. The molecule has 7 nitrogen and oxygen atoms in total. The number of rotatable bonds is 5. The van der Waals surface area contributed by atoms with Gasteiger partial charge in [-0.1, -0.05) is 50.6 Å². The Balaban J connectivity index is 1.68. The van der Waals surface area contributed by atoms with Crippen LogP contribution >= 0.6 is 11.6 Å². The molecule has 3 aromatic carbocycles. The molecule has 0 aliphatic heterocycles. The molecule has 34 heavy (non-hydrogen) atoms. The fraction of sp³-hybridized carbons (Fsp3) is 0.231. The van der Waals surface area contributed by atoms with E-state index in [0.717, 1.165) is 16.7 Å². The summed E-state index contributed by atoms with van der Waals surface area (Å²) in [5.74, 6) is -0.236. The number of hydrogen-bond acceptors (Lipinski definition) is 5. The summed E-state index contributed by atoms with van der Waals surface area (Å²) in [6.07, 6.45) is 0. The first-order valence-electron chi connectivity index (χ1n) is 10.8. The second kappa shape index (κ2) is 8.91. The number of nitro benzene ring substituents is 1. The van der Waals surface area contributed by atoms with Crippen molar-refractivity contribution in [2.24, 2.45) is 0 Å². The summed E-state index contributed by atoms with van der Waals surface area (Å²) in [6, 6.07) is 15.3. The summed E-state index contributed by atoms with van der Waals surface area (Å²) in [5, 5.41) is 15.0. The molecule has 0 bridgehead atoms. The normalized spacial score (nSPS) is 11.6. The van der Waals surface area contributed by atoms with Crippen molar-refractivity contribution < 1.29 is 14.1 Å². The Labute approximate surface area is 201 Å². The largest absolute Gasteiger partial charge is 0.436 e. The summed E-state index contributed by atoms with van der Waals surface area (Å²) in [6.45, 7) is 8.41. The van der Waals surface area contributed by atoms with E-state index in [1.807, 2.05) is 31.2 Å². The number of fused-ring (bicyclic) bond motifs is 1. The van der Waals surface area contributed by atoms with Crippen LogP contribution < -0.4 is 5.32 Å². The SMILES string of the molecule is Cc1c(Cl)cccc1CNC(=O)c1cc(-c2nc3cc(C(C)(C)C)ccc3o2)cc([N+](=O)[O-])c1. The average molecular weight is 478 g/mol. The summed E-state index contributed by atoms with van der Waals surface area (Å²) in [7, 11) is 0. The van der Waals surface area contributed by atoms with Crippen LogP contribution in [-0.2, 0) is 12.0 Å². The minimum Gasteiger partial charge on any atom is -0.436 e. The van der Waals surface area contributed by atoms with Crippen molar-refractivity contribution in [1.29, 1.82) is 0 Å². The first-order chi connectivity index (χ1) is 16.0. The zero-order valence-corrected chi connectivity index (χ0v) is 20.1. The van der Waals surface area contributed by atoms with Gasteiger partial charge in [0.15, 0.2) is 5.58 Å². The maximum Gasteiger partial charge on any atom is 0.271 e. The summed E-state index contributed by atoms with van der Waals surface area (Å²) in [4.78, 5) is 28.4. The molecule has 4 aromatic rings. The number of non-ortho nitro benzene ring substituents is 1. The van der Waals surface area contributed by atoms with Crippen LogP contribution in [0.2, 0.25) is 5.02 Å². The smallest absolute Gasteiger partial charge is 0.271 e. The number of hydrogen-bond donors (Lipinski definition) is 1. The third-order valence-corrected chi connectivity index (χ3v) is 6.12. The molecule has 8 heteroatoms. The van der Waals surface area contributed by atoms with Crippen molar-refractivity contribution >= 4 is 34.3 Å². The molecule has 0 radical (unpaired) electrons. The van der Waals surface area contributed by atoms with E-state index >= 15 is 0 Å². The van der Waals surface area contributed by atoms with Gasteiger partial charge in [-0.3, -0.25) is 14.9 Å². The van der Waals surface area contributed by atoms with E-state index < -0.39 is 10.8 Å². The van der Waals surface area contributed by atoms with Crippen LogP contribution in [0.3, 0.4) is 0 Å². The molecular weight excluding hydrogens is 454 g/mol. The Morgan fingerprint density at radius 2 is 1.91 bits per heavy atom. The minimum absolute atomic E-state index is 0.0641. The number of amides is 1. The standard InChI is InChI=1S/C26H24ClN3O4/c1-15-16(6-5-7-21(15)27)14-28-24(31)17-10-18(12-20(11-17)30(32)33)25-29-22-13-19(26(2,3)4)8-9-23(22)34-25/h5-13H,14H2,1-4H3,(H,28,31). The van der Waals surface area contributed by atoms with Crippen LogP contribution in [0, 0.1) is 17.0 Å². The maximum atomic E-state index is 12.9. The van der Waals surface area contributed by atoms with E-state index in [4.69, 9.17) is 16.0 Å². The minimum atomic E-state index is -0.540. The highest BCUT2D eigenvalue weighted by molar-refractivity contribution is 6.31. The predicted molar refractivity (Wildman–Crippen MR) is 132 cm³/mol. The van der Waals surface area contributed by atoms with Crippen molar-refractivity contribution in [2.45, 2.75) is 39.7 Å². The topological polar surface area (TPSA) is 98.3 Å². The van der Waals surface area contributed by atoms with Crippen molar-refractivity contribution in [2.75, 3.05) is 0 Å². The Bertz CT molecular complexity index is 1420. The third-order valence-electron chi connectivity index (χ3n) is 5.71. The molecule has 1 aromatic heterocycles. The number of carbonyl (C=O) groups is 1. The Morgan fingerprint density at radius 3 is 2.62 bits per heavy atom. The first kappa shape index (κ1) is 23.4. The average Bonchev–Trinajstić information content (AvgIpc) is 3.22. The van der Waals surface area contributed by atoms with Gasteiger partial charge in [0.05, 0.1) is 4.92 Å². The van der Waals surface area contributed by atoms with Gasteiger partial charge in [0.2, 0.25) is 5.89 Å². The molecule has 1 heterocycles. The zero-order chi connectivity index (χ0) is 24.6. The lowest BCUT2D eigenvalue weighted by Crippen LogP contribution is -2.23. The zero-order valence-electron chi connectivity index (χ0n) is 19.3. The number of nitro groups is 1. The van der Waals surface area contributed by atoms with E-state index in [0.29, 0.717) is 21.7 Å². The fourth-order valence-corrected chi connectivity index (χ4v) is 3.80. The number of benzene rings is 3. The Hall–Kier alpha value is -3.71. The quantitative estimate of drug-likeness (QED) is 0.258. The number of nitrogens with zero attached hydrogens (tertiary/aromatic N) is 2. The van der Waals surface area contributed by atoms with Gasteiger partial charge < -0.3 is 9.73 Å². The first-order valence-corrected chi connectivity index (χ1v) is 11.1. The van der Waals surface area contributed by atoms with Gasteiger partial charge in [-0.2, -0.15) is 0 Å². The van der Waals surface area contributed by atoms with Crippen LogP contribution in [0.1, 0.15) is 47.8 Å². The number of nitrogens with one attached hydrogen (secondary N) is 1. The lowest BCUT2D eigenvalue weighted by molar-refractivity contribution is -0.384. The monoisotopic (exact) mass is 477 g/mol. The molecule has 0 fully saturated rings. The van der Waals surface area contributed by atoms with Crippen molar-refractivity contribution in [3.05, 3.63) is 92.0 Å². The highest BCUT2D eigenvalue weighted by Gasteiger charge is 2.20. The van der Waals surface area contributed by atoms with Gasteiger partial charge in [0.25, 0.3) is 11.6 Å². The van der Waals surface area contributed by atoms with Crippen LogP contribution in [0.15, 0.2) is 59.0 Å². The third kappa shape index (κ3) is 4.79. The highest BCUT2D eigenvalue weighted by Crippen LogP contribution is 2.31. The van der Waals surface area contributed by atoms with Gasteiger partial charge in [-0.15, -0.1) is 0 Å². The summed E-state index contributed by atoms with van der Waals surface area (Å²) >= 11 is 6.15. The summed E-state index contributed by atoms with van der Waals surface area (Å²) < 4.78 is 5.87. The summed E-state index contributed by atoms with van der Waals surface area (Å²) in [5.41, 5.74) is 4.24. The van der Waals surface area contributed by atoms with Crippen molar-refractivity contribution in [3.63, 3.8) is 0 Å². The van der Waals surface area contributed by atoms with Gasteiger partial charge in [0, 0.05) is 34.8 Å².